The van der Waals surface area contributed by atoms with Gasteiger partial charge in [0.05, 0.1) is 4.92 Å². The van der Waals surface area contributed by atoms with Gasteiger partial charge in [-0.3, -0.25) is 14.9 Å². The Hall–Kier alpha value is -3.26. The molecule has 3 aromatic rings. The zero-order chi connectivity index (χ0) is 21.0. The summed E-state index contributed by atoms with van der Waals surface area (Å²) in [4.78, 5) is 38.1. The number of fused-ring (bicyclic) bond motifs is 1. The quantitative estimate of drug-likeness (QED) is 0.322. The topological polar surface area (TPSA) is 89.8 Å². The second-order valence-corrected chi connectivity index (χ2v) is 7.38. The molecule has 1 amide bonds. The molecule has 0 aliphatic rings. The molecule has 8 heteroatoms. The van der Waals surface area contributed by atoms with Gasteiger partial charge in [-0.1, -0.05) is 30.3 Å². The lowest BCUT2D eigenvalue weighted by atomic mass is 10.1. The van der Waals surface area contributed by atoms with Gasteiger partial charge in [0.15, 0.2) is 0 Å². The van der Waals surface area contributed by atoms with Crippen molar-refractivity contribution in [2.24, 2.45) is 0 Å². The van der Waals surface area contributed by atoms with Crippen molar-refractivity contribution in [2.45, 2.75) is 20.0 Å². The maximum absolute atomic E-state index is 12.9. The van der Waals surface area contributed by atoms with Crippen LogP contribution in [-0.4, -0.2) is 34.8 Å². The number of likely N-dealkylation sites (N-methyl/N-ethyl adjacent to an activating group) is 1. The molecule has 0 aliphatic carbocycles. The second-order valence-electron chi connectivity index (χ2n) is 6.30. The molecule has 0 N–H and O–H groups in total. The summed E-state index contributed by atoms with van der Waals surface area (Å²) < 4.78 is 6.35. The highest BCUT2D eigenvalue weighted by Crippen LogP contribution is 2.31. The number of carbonyl (C=O) groups excluding carboxylic acids is 2. The molecule has 7 nitrogen and oxygen atoms in total. The molecular weight excluding hydrogens is 392 g/mol. The number of benzene rings is 2. The van der Waals surface area contributed by atoms with E-state index in [-0.39, 0.29) is 16.5 Å². The normalized spacial score (nSPS) is 11.8. The van der Waals surface area contributed by atoms with Crippen molar-refractivity contribution in [1.29, 1.82) is 0 Å². The first-order chi connectivity index (χ1) is 13.9. The van der Waals surface area contributed by atoms with Crippen molar-refractivity contribution in [3.8, 4) is 0 Å². The lowest BCUT2D eigenvalue weighted by Crippen LogP contribution is -2.36. The number of carbonyl (C=O) groups is 2. The predicted octanol–water partition coefficient (Wildman–Crippen LogP) is 4.58. The third-order valence-corrected chi connectivity index (χ3v) is 5.63. The number of rotatable bonds is 7. The van der Waals surface area contributed by atoms with E-state index in [1.54, 1.807) is 41.3 Å². The van der Waals surface area contributed by atoms with Crippen molar-refractivity contribution in [3.05, 3.63) is 75.2 Å². The van der Waals surface area contributed by atoms with Crippen LogP contribution in [0.1, 0.15) is 35.2 Å². The molecule has 0 bridgehead atoms. The van der Waals surface area contributed by atoms with Crippen molar-refractivity contribution in [1.82, 2.24) is 4.90 Å². The summed E-state index contributed by atoms with van der Waals surface area (Å²) in [6.07, 6.45) is -1.05. The fraction of sp³-hybridized carbons (Fsp3) is 0.238. The van der Waals surface area contributed by atoms with Crippen LogP contribution in [0, 0.1) is 10.1 Å². The summed E-state index contributed by atoms with van der Waals surface area (Å²) in [6, 6.07) is 14.8. The highest BCUT2D eigenvalue weighted by atomic mass is 32.1. The van der Waals surface area contributed by atoms with E-state index < -0.39 is 17.0 Å². The smallest absolute Gasteiger partial charge is 0.349 e. The molecule has 2 aromatic carbocycles. The van der Waals surface area contributed by atoms with Gasteiger partial charge in [-0.05, 0) is 26.0 Å². The molecule has 0 radical (unpaired) electrons. The minimum atomic E-state index is -1.05. The van der Waals surface area contributed by atoms with Gasteiger partial charge in [-0.2, -0.15) is 0 Å². The standard InChI is InChI=1S/C21H20N2O5S/c1-3-22(4-2)20(24)19(14-8-6-5-7-9-14)28-21(25)18-13-15-12-16(23(26)27)10-11-17(15)29-18/h5-13,19H,3-4H2,1-2H3/t19-/m1/s1. The number of amides is 1. The highest BCUT2D eigenvalue weighted by molar-refractivity contribution is 7.20. The first-order valence-electron chi connectivity index (χ1n) is 9.17. The molecular formula is C21H20N2O5S. The number of nitro groups is 1. The summed E-state index contributed by atoms with van der Waals surface area (Å²) in [7, 11) is 0. The third-order valence-electron chi connectivity index (χ3n) is 4.54. The fourth-order valence-corrected chi connectivity index (χ4v) is 3.93. The predicted molar refractivity (Wildman–Crippen MR) is 111 cm³/mol. The van der Waals surface area contributed by atoms with Gasteiger partial charge >= 0.3 is 5.97 Å². The lowest BCUT2D eigenvalue weighted by molar-refractivity contribution is -0.384. The molecule has 150 valence electrons. The second kappa shape index (κ2) is 8.83. The number of esters is 1. The summed E-state index contributed by atoms with van der Waals surface area (Å²) in [5.41, 5.74) is 0.545. The van der Waals surface area contributed by atoms with E-state index in [0.29, 0.717) is 24.0 Å². The SMILES string of the molecule is CCN(CC)C(=O)[C@H](OC(=O)c1cc2cc([N+](=O)[O-])ccc2s1)c1ccccc1. The number of ether oxygens (including phenoxy) is 1. The monoisotopic (exact) mass is 412 g/mol. The molecule has 0 spiro atoms. The average Bonchev–Trinajstić information content (AvgIpc) is 3.16. The Bertz CT molecular complexity index is 1040. The van der Waals surface area contributed by atoms with Crippen molar-refractivity contribution in [2.75, 3.05) is 13.1 Å². The van der Waals surface area contributed by atoms with Gasteiger partial charge in [0.1, 0.15) is 4.88 Å². The number of nitro benzene ring substituents is 1. The number of nitrogens with zero attached hydrogens (tertiary/aromatic N) is 2. The van der Waals surface area contributed by atoms with Gasteiger partial charge in [-0.25, -0.2) is 4.79 Å². The first kappa shape index (κ1) is 20.5. The largest absolute Gasteiger partial charge is 0.443 e. The zero-order valence-corrected chi connectivity index (χ0v) is 16.8. The van der Waals surface area contributed by atoms with E-state index in [9.17, 15) is 19.7 Å². The summed E-state index contributed by atoms with van der Waals surface area (Å²) in [5.74, 6) is -0.922. The zero-order valence-electron chi connectivity index (χ0n) is 16.0. The van der Waals surface area contributed by atoms with E-state index in [4.69, 9.17) is 4.74 Å². The van der Waals surface area contributed by atoms with Gasteiger partial charge in [0, 0.05) is 40.9 Å². The maximum atomic E-state index is 12.9. The number of hydrogen-bond acceptors (Lipinski definition) is 6. The maximum Gasteiger partial charge on any atom is 0.349 e. The Morgan fingerprint density at radius 3 is 2.41 bits per heavy atom. The summed E-state index contributed by atoms with van der Waals surface area (Å²) >= 11 is 1.17. The van der Waals surface area contributed by atoms with E-state index >= 15 is 0 Å². The molecule has 29 heavy (non-hydrogen) atoms. The van der Waals surface area contributed by atoms with Crippen LogP contribution in [0.2, 0.25) is 0 Å². The number of hydrogen-bond donors (Lipinski definition) is 0. The van der Waals surface area contributed by atoms with Crippen LogP contribution in [0.25, 0.3) is 10.1 Å². The summed E-state index contributed by atoms with van der Waals surface area (Å²) in [6.45, 7) is 4.74. The van der Waals surface area contributed by atoms with Gasteiger partial charge < -0.3 is 9.64 Å². The Balaban J connectivity index is 1.91. The van der Waals surface area contributed by atoms with Crippen molar-refractivity contribution < 1.29 is 19.2 Å². The lowest BCUT2D eigenvalue weighted by Gasteiger charge is -2.25. The third kappa shape index (κ3) is 4.43. The Morgan fingerprint density at radius 1 is 1.10 bits per heavy atom. The molecule has 1 atom stereocenters. The van der Waals surface area contributed by atoms with Gasteiger partial charge in [0.2, 0.25) is 6.10 Å². The molecule has 0 aliphatic heterocycles. The van der Waals surface area contributed by atoms with Gasteiger partial charge in [0.25, 0.3) is 11.6 Å². The highest BCUT2D eigenvalue weighted by Gasteiger charge is 2.29. The minimum Gasteiger partial charge on any atom is -0.443 e. The molecule has 1 aromatic heterocycles. The van der Waals surface area contributed by atoms with E-state index in [1.807, 2.05) is 19.9 Å². The summed E-state index contributed by atoms with van der Waals surface area (Å²) in [5, 5.41) is 11.5. The molecule has 0 unspecified atom stereocenters. The minimum absolute atomic E-state index is 0.0471. The molecule has 1 heterocycles. The Labute approximate surface area is 171 Å². The Kier molecular flexibility index (Phi) is 6.23. The first-order valence-corrected chi connectivity index (χ1v) is 9.99. The average molecular weight is 412 g/mol. The number of non-ortho nitro benzene ring substituents is 1. The number of thiophene rings is 1. The van der Waals surface area contributed by atoms with Crippen molar-refractivity contribution in [3.63, 3.8) is 0 Å². The Morgan fingerprint density at radius 2 is 1.79 bits per heavy atom. The van der Waals surface area contributed by atoms with Crippen LogP contribution in [0.4, 0.5) is 5.69 Å². The van der Waals surface area contributed by atoms with Crippen LogP contribution in [0.5, 0.6) is 0 Å². The van der Waals surface area contributed by atoms with E-state index in [0.717, 1.165) is 4.70 Å². The van der Waals surface area contributed by atoms with E-state index in [1.165, 1.54) is 23.5 Å². The van der Waals surface area contributed by atoms with Gasteiger partial charge in [-0.15, -0.1) is 11.3 Å². The molecule has 0 saturated carbocycles. The molecule has 0 fully saturated rings. The van der Waals surface area contributed by atoms with Crippen LogP contribution >= 0.6 is 11.3 Å². The fourth-order valence-electron chi connectivity index (χ4n) is 3.00. The van der Waals surface area contributed by atoms with Crippen LogP contribution < -0.4 is 0 Å². The van der Waals surface area contributed by atoms with Crippen molar-refractivity contribution >= 4 is 39.0 Å². The van der Waals surface area contributed by atoms with E-state index in [2.05, 4.69) is 0 Å². The van der Waals surface area contributed by atoms with Crippen LogP contribution in [-0.2, 0) is 9.53 Å². The molecule has 0 saturated heterocycles. The molecule has 3 rings (SSSR count). The van der Waals surface area contributed by atoms with Crippen LogP contribution in [0.15, 0.2) is 54.6 Å². The van der Waals surface area contributed by atoms with Crippen LogP contribution in [0.3, 0.4) is 0 Å².